The van der Waals surface area contributed by atoms with E-state index in [-0.39, 0.29) is 21.9 Å². The van der Waals surface area contributed by atoms with Crippen LogP contribution in [0.1, 0.15) is 26.3 Å². The maximum absolute atomic E-state index is 12.8. The summed E-state index contributed by atoms with van der Waals surface area (Å²) in [6.45, 7) is 5.82. The lowest BCUT2D eigenvalue weighted by Gasteiger charge is -2.20. The predicted octanol–water partition coefficient (Wildman–Crippen LogP) is 3.96. The fourth-order valence-corrected chi connectivity index (χ4v) is 2.04. The SMILES string of the molecule is CC(C)(C)c1ccc2c(c1Cl)OC(F)(F)O2. The van der Waals surface area contributed by atoms with Crippen LogP contribution >= 0.6 is 11.6 Å². The van der Waals surface area contributed by atoms with E-state index in [1.54, 1.807) is 6.07 Å². The number of rotatable bonds is 0. The first-order chi connectivity index (χ1) is 7.21. The highest BCUT2D eigenvalue weighted by Gasteiger charge is 2.45. The van der Waals surface area contributed by atoms with Gasteiger partial charge in [-0.25, -0.2) is 0 Å². The zero-order valence-corrected chi connectivity index (χ0v) is 9.86. The molecule has 0 aliphatic carbocycles. The Bertz CT molecular complexity index is 438. The summed E-state index contributed by atoms with van der Waals surface area (Å²) in [7, 11) is 0. The van der Waals surface area contributed by atoms with Crippen LogP contribution in [-0.2, 0) is 5.41 Å². The molecule has 1 heterocycles. The van der Waals surface area contributed by atoms with Gasteiger partial charge in [0.1, 0.15) is 0 Å². The lowest BCUT2D eigenvalue weighted by atomic mass is 9.87. The Balaban J connectivity index is 2.52. The maximum atomic E-state index is 12.8. The molecule has 0 saturated carbocycles. The fraction of sp³-hybridized carbons (Fsp3) is 0.455. The summed E-state index contributed by atoms with van der Waals surface area (Å²) in [6.07, 6.45) is -3.62. The highest BCUT2D eigenvalue weighted by molar-refractivity contribution is 6.33. The zero-order chi connectivity index (χ0) is 12.1. The van der Waals surface area contributed by atoms with Crippen molar-refractivity contribution in [3.8, 4) is 11.5 Å². The van der Waals surface area contributed by atoms with E-state index < -0.39 is 6.29 Å². The van der Waals surface area contributed by atoms with Crippen molar-refractivity contribution >= 4 is 11.6 Å². The summed E-state index contributed by atoms with van der Waals surface area (Å²) < 4.78 is 34.4. The third-order valence-corrected chi connectivity index (χ3v) is 2.69. The Labute approximate surface area is 97.1 Å². The average Bonchev–Trinajstić information content (AvgIpc) is 2.38. The molecular formula is C11H11ClF2O2. The van der Waals surface area contributed by atoms with E-state index in [2.05, 4.69) is 9.47 Å². The van der Waals surface area contributed by atoms with Gasteiger partial charge in [-0.2, -0.15) is 0 Å². The van der Waals surface area contributed by atoms with Gasteiger partial charge in [-0.1, -0.05) is 38.4 Å². The highest BCUT2D eigenvalue weighted by Crippen LogP contribution is 2.48. The van der Waals surface area contributed by atoms with E-state index in [1.165, 1.54) is 6.07 Å². The normalized spacial score (nSPS) is 17.6. The van der Waals surface area contributed by atoms with E-state index in [4.69, 9.17) is 11.6 Å². The van der Waals surface area contributed by atoms with Gasteiger partial charge >= 0.3 is 6.29 Å². The quantitative estimate of drug-likeness (QED) is 0.692. The van der Waals surface area contributed by atoms with E-state index in [1.807, 2.05) is 20.8 Å². The van der Waals surface area contributed by atoms with Crippen molar-refractivity contribution in [2.75, 3.05) is 0 Å². The Morgan fingerprint density at radius 1 is 1.19 bits per heavy atom. The van der Waals surface area contributed by atoms with Gasteiger partial charge in [0.15, 0.2) is 11.5 Å². The maximum Gasteiger partial charge on any atom is 0.586 e. The molecule has 0 radical (unpaired) electrons. The molecule has 1 aromatic rings. The first-order valence-electron chi connectivity index (χ1n) is 4.79. The Morgan fingerprint density at radius 3 is 2.38 bits per heavy atom. The number of fused-ring (bicyclic) bond motifs is 1. The second kappa shape index (κ2) is 3.23. The molecule has 0 N–H and O–H groups in total. The fourth-order valence-electron chi connectivity index (χ4n) is 1.56. The summed E-state index contributed by atoms with van der Waals surface area (Å²) in [5.74, 6) is -0.109. The average molecular weight is 249 g/mol. The Hall–Kier alpha value is -1.03. The number of ether oxygens (including phenoxy) is 2. The Kier molecular flexibility index (Phi) is 2.31. The van der Waals surface area contributed by atoms with Gasteiger partial charge in [-0.3, -0.25) is 0 Å². The molecule has 0 fully saturated rings. The standard InChI is InChI=1S/C11H11ClF2O2/c1-10(2,3)6-4-5-7-9(8(6)12)16-11(13,14)15-7/h4-5H,1-3H3. The van der Waals surface area contributed by atoms with Gasteiger partial charge in [-0.05, 0) is 17.0 Å². The van der Waals surface area contributed by atoms with E-state index in [9.17, 15) is 8.78 Å². The van der Waals surface area contributed by atoms with Crippen molar-refractivity contribution in [3.05, 3.63) is 22.7 Å². The Morgan fingerprint density at radius 2 is 1.81 bits per heavy atom. The molecule has 0 aromatic heterocycles. The third-order valence-electron chi connectivity index (χ3n) is 2.32. The van der Waals surface area contributed by atoms with E-state index in [0.29, 0.717) is 0 Å². The molecule has 0 atom stereocenters. The number of alkyl halides is 2. The lowest BCUT2D eigenvalue weighted by molar-refractivity contribution is -0.286. The van der Waals surface area contributed by atoms with Crippen LogP contribution in [0, 0.1) is 0 Å². The molecule has 16 heavy (non-hydrogen) atoms. The molecule has 2 nitrogen and oxygen atoms in total. The van der Waals surface area contributed by atoms with Gasteiger partial charge in [-0.15, -0.1) is 8.78 Å². The second-order valence-corrected chi connectivity index (χ2v) is 5.05. The molecule has 2 rings (SSSR count). The van der Waals surface area contributed by atoms with Crippen LogP contribution in [0.5, 0.6) is 11.5 Å². The molecule has 0 unspecified atom stereocenters. The van der Waals surface area contributed by atoms with Crippen molar-refractivity contribution in [1.29, 1.82) is 0 Å². The largest absolute Gasteiger partial charge is 0.586 e. The molecule has 0 spiro atoms. The van der Waals surface area contributed by atoms with Crippen LogP contribution < -0.4 is 9.47 Å². The lowest BCUT2D eigenvalue weighted by Crippen LogP contribution is -2.26. The summed E-state index contributed by atoms with van der Waals surface area (Å²) in [4.78, 5) is 0. The van der Waals surface area contributed by atoms with Crippen molar-refractivity contribution in [3.63, 3.8) is 0 Å². The van der Waals surface area contributed by atoms with E-state index in [0.717, 1.165) is 5.56 Å². The molecule has 5 heteroatoms. The summed E-state index contributed by atoms with van der Waals surface area (Å²) in [6, 6.07) is 3.12. The van der Waals surface area contributed by atoms with Gasteiger partial charge in [0.2, 0.25) is 0 Å². The van der Waals surface area contributed by atoms with Crippen LogP contribution in [0.25, 0.3) is 0 Å². The first kappa shape index (κ1) is 11.5. The molecule has 0 amide bonds. The van der Waals surface area contributed by atoms with Crippen molar-refractivity contribution < 1.29 is 18.3 Å². The minimum absolute atomic E-state index is 0.0250. The molecular weight excluding hydrogens is 238 g/mol. The summed E-state index contributed by atoms with van der Waals surface area (Å²) in [5.41, 5.74) is 0.502. The second-order valence-electron chi connectivity index (χ2n) is 4.67. The van der Waals surface area contributed by atoms with Crippen LogP contribution in [0.2, 0.25) is 5.02 Å². The zero-order valence-electron chi connectivity index (χ0n) is 9.11. The van der Waals surface area contributed by atoms with Crippen LogP contribution in [0.15, 0.2) is 12.1 Å². The van der Waals surface area contributed by atoms with Gasteiger partial charge < -0.3 is 9.47 Å². The monoisotopic (exact) mass is 248 g/mol. The van der Waals surface area contributed by atoms with Gasteiger partial charge in [0, 0.05) is 0 Å². The molecule has 88 valence electrons. The van der Waals surface area contributed by atoms with Crippen molar-refractivity contribution in [2.24, 2.45) is 0 Å². The number of benzene rings is 1. The topological polar surface area (TPSA) is 18.5 Å². The number of hydrogen-bond acceptors (Lipinski definition) is 2. The van der Waals surface area contributed by atoms with Crippen molar-refractivity contribution in [2.45, 2.75) is 32.5 Å². The van der Waals surface area contributed by atoms with E-state index >= 15 is 0 Å². The number of hydrogen-bond donors (Lipinski definition) is 0. The first-order valence-corrected chi connectivity index (χ1v) is 5.17. The molecule has 1 aromatic carbocycles. The van der Waals surface area contributed by atoms with Crippen molar-refractivity contribution in [1.82, 2.24) is 0 Å². The smallest absolute Gasteiger partial charge is 0.395 e. The molecule has 1 aliphatic heterocycles. The summed E-state index contributed by atoms with van der Waals surface area (Å²) >= 11 is 6.03. The summed E-state index contributed by atoms with van der Waals surface area (Å²) in [5, 5.41) is 0.183. The minimum atomic E-state index is -3.62. The number of halogens is 3. The molecule has 1 aliphatic rings. The van der Waals surface area contributed by atoms with Crippen LogP contribution in [-0.4, -0.2) is 6.29 Å². The van der Waals surface area contributed by atoms with Crippen LogP contribution in [0.3, 0.4) is 0 Å². The van der Waals surface area contributed by atoms with Gasteiger partial charge in [0.25, 0.3) is 0 Å². The molecule has 0 saturated heterocycles. The molecule has 0 bridgehead atoms. The highest BCUT2D eigenvalue weighted by atomic mass is 35.5. The van der Waals surface area contributed by atoms with Crippen LogP contribution in [0.4, 0.5) is 8.78 Å². The van der Waals surface area contributed by atoms with Gasteiger partial charge in [0.05, 0.1) is 5.02 Å². The predicted molar refractivity (Wildman–Crippen MR) is 56.4 cm³/mol. The third kappa shape index (κ3) is 1.82. The minimum Gasteiger partial charge on any atom is -0.395 e.